The Morgan fingerprint density at radius 1 is 1.16 bits per heavy atom. The number of fused-ring (bicyclic) bond motifs is 2. The third-order valence-electron chi connectivity index (χ3n) is 7.00. The van der Waals surface area contributed by atoms with Crippen LogP contribution in [-0.4, -0.2) is 67.5 Å². The summed E-state index contributed by atoms with van der Waals surface area (Å²) in [5, 5.41) is 17.0. The highest BCUT2D eigenvalue weighted by Crippen LogP contribution is 2.39. The summed E-state index contributed by atoms with van der Waals surface area (Å²) in [5.74, 6) is 0.145. The molecule has 0 saturated carbocycles. The molecule has 228 valence electrons. The summed E-state index contributed by atoms with van der Waals surface area (Å²) in [6.07, 6.45) is -5.21. The van der Waals surface area contributed by atoms with E-state index in [-0.39, 0.29) is 17.9 Å². The van der Waals surface area contributed by atoms with Crippen molar-refractivity contribution in [2.45, 2.75) is 77.0 Å². The number of halogens is 1. The lowest BCUT2D eigenvalue weighted by Gasteiger charge is -2.48. The summed E-state index contributed by atoms with van der Waals surface area (Å²) in [6, 6.07) is 11.6. The van der Waals surface area contributed by atoms with Crippen LogP contribution in [0.1, 0.15) is 55.4 Å². The third-order valence-corrected chi connectivity index (χ3v) is 7.92. The van der Waals surface area contributed by atoms with Crippen molar-refractivity contribution in [1.29, 1.82) is 0 Å². The van der Waals surface area contributed by atoms with Gasteiger partial charge in [-0.25, -0.2) is 29.3 Å². The molecule has 14 heteroatoms. The summed E-state index contributed by atoms with van der Waals surface area (Å²) in [7, 11) is 0. The van der Waals surface area contributed by atoms with Gasteiger partial charge in [-0.1, -0.05) is 30.3 Å². The van der Waals surface area contributed by atoms with E-state index in [2.05, 4.69) is 25.9 Å². The van der Waals surface area contributed by atoms with Crippen LogP contribution in [0.15, 0.2) is 42.5 Å². The van der Waals surface area contributed by atoms with Crippen LogP contribution in [0.25, 0.3) is 15.9 Å². The highest BCUT2D eigenvalue weighted by atomic mass is 32.1. The van der Waals surface area contributed by atoms with E-state index in [1.54, 1.807) is 33.8 Å². The lowest BCUT2D eigenvalue weighted by Crippen LogP contribution is -2.66. The van der Waals surface area contributed by atoms with Crippen LogP contribution in [0.5, 0.6) is 0 Å². The fourth-order valence-electron chi connectivity index (χ4n) is 5.26. The second kappa shape index (κ2) is 11.5. The lowest BCUT2D eigenvalue weighted by molar-refractivity contribution is -0.313. The summed E-state index contributed by atoms with van der Waals surface area (Å²) in [4.78, 5) is 21.4. The Morgan fingerprint density at radius 2 is 1.93 bits per heavy atom. The quantitative estimate of drug-likeness (QED) is 0.284. The first kappa shape index (κ1) is 29.5. The number of hydrazine groups is 1. The Labute approximate surface area is 251 Å². The molecule has 0 spiro atoms. The first-order chi connectivity index (χ1) is 20.5. The van der Waals surface area contributed by atoms with Crippen molar-refractivity contribution in [1.82, 2.24) is 30.6 Å². The molecule has 2 fully saturated rings. The van der Waals surface area contributed by atoms with Gasteiger partial charge in [0.25, 0.3) is 0 Å². The molecule has 4 aromatic rings. The number of aryl methyl sites for hydroxylation is 2. The first-order valence-electron chi connectivity index (χ1n) is 13.9. The second-order valence-electron chi connectivity index (χ2n) is 11.5. The van der Waals surface area contributed by atoms with Crippen molar-refractivity contribution in [3.8, 4) is 5.69 Å². The third kappa shape index (κ3) is 6.12. The number of aromatic nitrogens is 4. The maximum Gasteiger partial charge on any atom is 0.422 e. The van der Waals surface area contributed by atoms with Gasteiger partial charge in [0.05, 0.1) is 28.0 Å². The predicted molar refractivity (Wildman–Crippen MR) is 154 cm³/mol. The number of carbonyl (C=O) groups is 1. The van der Waals surface area contributed by atoms with Gasteiger partial charge in [-0.05, 0) is 40.7 Å². The zero-order valence-corrected chi connectivity index (χ0v) is 25.1. The smallest absolute Gasteiger partial charge is 0.422 e. The summed E-state index contributed by atoms with van der Waals surface area (Å²) >= 11 is 1.36. The molecule has 2 aliphatic rings. The molecule has 6 atom stereocenters. The number of hydrogen-bond acceptors (Lipinski definition) is 11. The minimum absolute atomic E-state index is 0.131. The van der Waals surface area contributed by atoms with Crippen LogP contribution in [-0.2, 0) is 18.9 Å². The number of nitrogens with one attached hydrogen (secondary N) is 2. The van der Waals surface area contributed by atoms with Crippen molar-refractivity contribution in [3.63, 3.8) is 0 Å². The summed E-state index contributed by atoms with van der Waals surface area (Å²) in [6.45, 7) is 8.88. The van der Waals surface area contributed by atoms with Gasteiger partial charge in [0.2, 0.25) is 0 Å². The standard InChI is InChI=1S/C29H33FN6O6S/c1-14-31-26(36(35-14)17-11-18(30)21-20(12-17)43-15(2)32-21)25-23(37)22(33-34-28(38)42-29(3,4)5)24-19(40-25)13-39-27(41-24)16-9-7-6-8-10-16/h6-12,19,22-25,27,33,37H,13H2,1-5H3,(H,34,38)/t19-,22-,23-,24+,25-,27?/m1/s1. The molecule has 2 saturated heterocycles. The van der Waals surface area contributed by atoms with E-state index in [4.69, 9.17) is 18.9 Å². The highest BCUT2D eigenvalue weighted by Gasteiger charge is 2.51. The van der Waals surface area contributed by atoms with Gasteiger partial charge < -0.3 is 24.1 Å². The van der Waals surface area contributed by atoms with E-state index >= 15 is 4.39 Å². The number of nitrogens with zero attached hydrogens (tertiary/aromatic N) is 4. The molecule has 2 aromatic carbocycles. The average molecular weight is 613 g/mol. The van der Waals surface area contributed by atoms with Gasteiger partial charge in [0.15, 0.2) is 17.9 Å². The average Bonchev–Trinajstić information content (AvgIpc) is 3.53. The molecule has 12 nitrogen and oxygen atoms in total. The van der Waals surface area contributed by atoms with Crippen LogP contribution in [0.2, 0.25) is 0 Å². The number of aliphatic hydroxyl groups excluding tert-OH is 1. The Morgan fingerprint density at radius 3 is 2.67 bits per heavy atom. The van der Waals surface area contributed by atoms with E-state index in [1.165, 1.54) is 22.1 Å². The second-order valence-corrected chi connectivity index (χ2v) is 12.7. The number of rotatable bonds is 5. The molecule has 0 aliphatic carbocycles. The Hall–Kier alpha value is -3.53. The number of hydrogen-bond donors (Lipinski definition) is 3. The van der Waals surface area contributed by atoms with E-state index in [9.17, 15) is 9.90 Å². The largest absolute Gasteiger partial charge is 0.443 e. The van der Waals surface area contributed by atoms with Crippen molar-refractivity contribution < 1.29 is 33.2 Å². The zero-order valence-electron chi connectivity index (χ0n) is 24.3. The van der Waals surface area contributed by atoms with Crippen molar-refractivity contribution in [3.05, 3.63) is 70.5 Å². The monoisotopic (exact) mass is 612 g/mol. The lowest BCUT2D eigenvalue weighted by atomic mass is 9.91. The highest BCUT2D eigenvalue weighted by molar-refractivity contribution is 7.18. The van der Waals surface area contributed by atoms with E-state index in [0.29, 0.717) is 16.2 Å². The molecule has 2 aliphatic heterocycles. The first-order valence-corrected chi connectivity index (χ1v) is 14.7. The number of thiazole rings is 1. The molecule has 1 amide bonds. The molecule has 0 bridgehead atoms. The van der Waals surface area contributed by atoms with Crippen molar-refractivity contribution in [2.75, 3.05) is 6.61 Å². The topological polar surface area (TPSA) is 142 Å². The zero-order chi connectivity index (χ0) is 30.5. The normalized spacial score (nSPS) is 25.8. The predicted octanol–water partition coefficient (Wildman–Crippen LogP) is 3.95. The maximum absolute atomic E-state index is 15.1. The molecule has 43 heavy (non-hydrogen) atoms. The van der Waals surface area contributed by atoms with Gasteiger partial charge in [-0.2, -0.15) is 5.10 Å². The fourth-order valence-corrected chi connectivity index (χ4v) is 6.13. The van der Waals surface area contributed by atoms with Crippen LogP contribution >= 0.6 is 11.3 Å². The molecule has 4 heterocycles. The Bertz CT molecular complexity index is 1620. The van der Waals surface area contributed by atoms with Crippen LogP contribution in [0.4, 0.5) is 9.18 Å². The van der Waals surface area contributed by atoms with Gasteiger partial charge in [0.1, 0.15) is 41.4 Å². The Balaban J connectivity index is 1.33. The number of benzene rings is 2. The van der Waals surface area contributed by atoms with Crippen LogP contribution in [0.3, 0.4) is 0 Å². The fraction of sp³-hybridized carbons (Fsp3) is 0.448. The van der Waals surface area contributed by atoms with Crippen molar-refractivity contribution >= 4 is 27.6 Å². The number of aliphatic hydroxyl groups is 1. The molecule has 6 rings (SSSR count). The van der Waals surface area contributed by atoms with Gasteiger partial charge in [-0.15, -0.1) is 11.3 Å². The molecule has 0 radical (unpaired) electrons. The maximum atomic E-state index is 15.1. The summed E-state index contributed by atoms with van der Waals surface area (Å²) in [5.41, 5.74) is 6.18. The minimum Gasteiger partial charge on any atom is -0.443 e. The van der Waals surface area contributed by atoms with Crippen molar-refractivity contribution in [2.24, 2.45) is 0 Å². The van der Waals surface area contributed by atoms with Crippen LogP contribution < -0.4 is 10.9 Å². The number of ether oxygens (including phenoxy) is 4. The SMILES string of the molecule is Cc1nc([C@@H]2O[C@@H]3COC(c4ccccc4)O[C@@H]3[C@H](NNC(=O)OC(C)(C)C)[C@H]2O)n(-c2cc(F)c3nc(C)sc3c2)n1. The van der Waals surface area contributed by atoms with E-state index in [1.807, 2.05) is 37.3 Å². The van der Waals surface area contributed by atoms with Gasteiger partial charge in [0, 0.05) is 11.6 Å². The summed E-state index contributed by atoms with van der Waals surface area (Å²) < 4.78 is 41.2. The molecule has 2 aromatic heterocycles. The van der Waals surface area contributed by atoms with Crippen LogP contribution in [0, 0.1) is 19.7 Å². The van der Waals surface area contributed by atoms with Gasteiger partial charge >= 0.3 is 6.09 Å². The molecular formula is C29H33FN6O6S. The molecule has 3 N–H and O–H groups in total. The van der Waals surface area contributed by atoms with Gasteiger partial charge in [-0.3, -0.25) is 5.43 Å². The molecule has 1 unspecified atom stereocenters. The number of amides is 1. The van der Waals surface area contributed by atoms with E-state index in [0.717, 1.165) is 10.6 Å². The van der Waals surface area contributed by atoms with E-state index < -0.39 is 54.3 Å². The number of carbonyl (C=O) groups excluding carboxylic acids is 1. The Kier molecular flexibility index (Phi) is 7.91. The minimum atomic E-state index is -1.30. The molecular weight excluding hydrogens is 579 g/mol.